The van der Waals surface area contributed by atoms with Crippen molar-refractivity contribution < 1.29 is 35.9 Å². The molecule has 2 N–H and O–H groups in total. The van der Waals surface area contributed by atoms with E-state index >= 15 is 0 Å². The zero-order valence-electron chi connectivity index (χ0n) is 38.1. The lowest BCUT2D eigenvalue weighted by Gasteiger charge is -2.26. The Balaban J connectivity index is 0.000000243. The number of hydrogen-bond donors (Lipinski definition) is 2. The van der Waals surface area contributed by atoms with E-state index in [0.717, 1.165) is 21.9 Å². The quantitative estimate of drug-likeness (QED) is 0.112. The molecule has 0 radical (unpaired) electrons. The first kappa shape index (κ1) is 52.0. The fraction of sp³-hybridized carbons (Fsp3) is 0.388. The molecule has 7 rings (SSSR count). The Kier molecular flexibility index (Phi) is 18.3. The number of anilines is 4. The molecule has 2 aromatic heterocycles. The van der Waals surface area contributed by atoms with Crippen LogP contribution in [0.5, 0.6) is 0 Å². The molecular formula is C49H55ClF6N6O2S2. The second-order valence-corrected chi connectivity index (χ2v) is 17.8. The number of nitrogens with one attached hydrogen (secondary N) is 2. The summed E-state index contributed by atoms with van der Waals surface area (Å²) in [6.45, 7) is 9.97. The summed E-state index contributed by atoms with van der Waals surface area (Å²) in [5, 5.41) is 6.16. The van der Waals surface area contributed by atoms with Gasteiger partial charge < -0.3 is 20.4 Å². The maximum atomic E-state index is 14.6. The summed E-state index contributed by atoms with van der Waals surface area (Å²) in [5.74, 6) is -7.28. The number of amides is 2. The van der Waals surface area contributed by atoms with Gasteiger partial charge in [-0.1, -0.05) is 43.6 Å². The topological polar surface area (TPSA) is 90.5 Å². The van der Waals surface area contributed by atoms with Crippen molar-refractivity contribution >= 4 is 69.9 Å². The number of halogens is 7. The largest absolute Gasteiger partial charge is 0.356 e. The van der Waals surface area contributed by atoms with Crippen molar-refractivity contribution in [1.82, 2.24) is 9.97 Å². The summed E-state index contributed by atoms with van der Waals surface area (Å²) in [4.78, 5) is 41.0. The highest BCUT2D eigenvalue weighted by Crippen LogP contribution is 2.38. The number of carbonyl (C=O) groups excluding carboxylic acids is 2. The zero-order valence-corrected chi connectivity index (χ0v) is 40.5. The molecule has 66 heavy (non-hydrogen) atoms. The molecule has 354 valence electrons. The van der Waals surface area contributed by atoms with Gasteiger partial charge in [0.25, 0.3) is 11.8 Å². The maximum absolute atomic E-state index is 14.6. The normalized spacial score (nSPS) is 15.5. The van der Waals surface area contributed by atoms with E-state index in [1.807, 2.05) is 56.7 Å². The molecule has 0 saturated carbocycles. The molecule has 0 aliphatic carbocycles. The van der Waals surface area contributed by atoms with Gasteiger partial charge >= 0.3 is 0 Å². The third-order valence-corrected chi connectivity index (χ3v) is 13.2. The summed E-state index contributed by atoms with van der Waals surface area (Å²) in [7, 11) is 0. The molecule has 2 aliphatic rings. The number of carbonyl (C=O) groups is 2. The molecule has 2 saturated heterocycles. The van der Waals surface area contributed by atoms with Crippen LogP contribution in [-0.2, 0) is 0 Å². The van der Waals surface area contributed by atoms with Crippen molar-refractivity contribution in [3.63, 3.8) is 0 Å². The fourth-order valence-corrected chi connectivity index (χ4v) is 8.82. The van der Waals surface area contributed by atoms with Crippen LogP contribution < -0.4 is 20.4 Å². The van der Waals surface area contributed by atoms with Crippen LogP contribution >= 0.6 is 35.1 Å². The molecule has 0 spiro atoms. The van der Waals surface area contributed by atoms with Gasteiger partial charge in [-0.25, -0.2) is 36.3 Å². The minimum Gasteiger partial charge on any atom is -0.356 e. The number of pyridine rings is 2. The van der Waals surface area contributed by atoms with E-state index in [1.54, 1.807) is 60.5 Å². The predicted molar refractivity (Wildman–Crippen MR) is 259 cm³/mol. The molecule has 2 aliphatic heterocycles. The van der Waals surface area contributed by atoms with Gasteiger partial charge in [-0.05, 0) is 106 Å². The number of aromatic nitrogens is 2. The fourth-order valence-electron chi connectivity index (χ4n) is 7.76. The van der Waals surface area contributed by atoms with E-state index in [9.17, 15) is 35.9 Å². The second-order valence-electron chi connectivity index (χ2n) is 15.7. The number of aryl methyl sites for hydroxylation is 1. The third-order valence-electron chi connectivity index (χ3n) is 11.2. The highest BCUT2D eigenvalue weighted by Gasteiger charge is 2.35. The van der Waals surface area contributed by atoms with Crippen molar-refractivity contribution in [2.24, 2.45) is 0 Å². The van der Waals surface area contributed by atoms with Crippen LogP contribution in [0.3, 0.4) is 0 Å². The Morgan fingerprint density at radius 1 is 0.667 bits per heavy atom. The first-order chi connectivity index (χ1) is 31.4. The molecule has 8 nitrogen and oxygen atoms in total. The molecule has 0 bridgehead atoms. The molecule has 4 heterocycles. The van der Waals surface area contributed by atoms with Crippen molar-refractivity contribution in [3.8, 4) is 11.1 Å². The lowest BCUT2D eigenvalue weighted by molar-refractivity contribution is -0.0108. The van der Waals surface area contributed by atoms with Gasteiger partial charge in [0.05, 0.1) is 27.4 Å². The van der Waals surface area contributed by atoms with E-state index in [0.29, 0.717) is 57.6 Å². The Labute approximate surface area is 396 Å². The molecular weight excluding hydrogens is 918 g/mol. The smallest absolute Gasteiger partial charge is 0.259 e. The SMILES string of the molecule is CC.CSc1cccc(NC(=O)c2c(N3CCCC(F)(F)CC3)nc(C)c(Cl)c2C)c1.CSc1cccc(NC(=O)c2c(N3CCCC(F)(F)CC3)ncc(-c3c(F)cccc3F)c2C)c1. The van der Waals surface area contributed by atoms with Crippen LogP contribution in [-0.4, -0.2) is 72.3 Å². The number of benzene rings is 3. The van der Waals surface area contributed by atoms with E-state index < -0.39 is 29.4 Å². The van der Waals surface area contributed by atoms with Crippen LogP contribution in [0.2, 0.25) is 5.02 Å². The molecule has 2 amide bonds. The van der Waals surface area contributed by atoms with E-state index in [-0.39, 0.29) is 80.2 Å². The zero-order chi connectivity index (χ0) is 48.3. The van der Waals surface area contributed by atoms with Gasteiger partial charge in [0, 0.05) is 84.8 Å². The van der Waals surface area contributed by atoms with Crippen molar-refractivity contribution in [2.45, 2.75) is 94.8 Å². The lowest BCUT2D eigenvalue weighted by Crippen LogP contribution is -2.30. The highest BCUT2D eigenvalue weighted by molar-refractivity contribution is 7.98. The molecule has 5 aromatic rings. The summed E-state index contributed by atoms with van der Waals surface area (Å²) in [6, 6.07) is 18.3. The number of nitrogens with zero attached hydrogens (tertiary/aromatic N) is 4. The van der Waals surface area contributed by atoms with Gasteiger partial charge in [-0.15, -0.1) is 23.5 Å². The minimum atomic E-state index is -2.79. The van der Waals surface area contributed by atoms with Crippen LogP contribution in [0, 0.1) is 32.4 Å². The number of alkyl halides is 4. The van der Waals surface area contributed by atoms with Gasteiger partial charge in [0.15, 0.2) is 0 Å². The average molecular weight is 974 g/mol. The predicted octanol–water partition coefficient (Wildman–Crippen LogP) is 13.9. The Hall–Kier alpha value is -4.93. The molecule has 0 unspecified atom stereocenters. The van der Waals surface area contributed by atoms with E-state index in [1.165, 1.54) is 24.0 Å². The Morgan fingerprint density at radius 2 is 1.12 bits per heavy atom. The van der Waals surface area contributed by atoms with Crippen molar-refractivity contribution in [2.75, 3.05) is 59.1 Å². The average Bonchev–Trinajstić information content (AvgIpc) is 3.59. The number of rotatable bonds is 9. The summed E-state index contributed by atoms with van der Waals surface area (Å²) < 4.78 is 84.9. The maximum Gasteiger partial charge on any atom is 0.259 e. The lowest BCUT2D eigenvalue weighted by atomic mass is 9.96. The number of thioether (sulfide) groups is 2. The van der Waals surface area contributed by atoms with Crippen molar-refractivity contribution in [3.05, 3.63) is 118 Å². The second kappa shape index (κ2) is 23.2. The molecule has 0 atom stereocenters. The van der Waals surface area contributed by atoms with Gasteiger partial charge in [0.2, 0.25) is 11.8 Å². The molecule has 3 aromatic carbocycles. The number of hydrogen-bond acceptors (Lipinski definition) is 8. The summed E-state index contributed by atoms with van der Waals surface area (Å²) in [5.41, 5.74) is 2.97. The Morgan fingerprint density at radius 3 is 1.61 bits per heavy atom. The first-order valence-corrected chi connectivity index (χ1v) is 24.5. The van der Waals surface area contributed by atoms with Gasteiger partial charge in [-0.3, -0.25) is 9.59 Å². The van der Waals surface area contributed by atoms with E-state index in [4.69, 9.17) is 11.6 Å². The highest BCUT2D eigenvalue weighted by atomic mass is 35.5. The summed E-state index contributed by atoms with van der Waals surface area (Å²) >= 11 is 9.47. The van der Waals surface area contributed by atoms with Gasteiger partial charge in [0.1, 0.15) is 23.3 Å². The van der Waals surface area contributed by atoms with Crippen molar-refractivity contribution in [1.29, 1.82) is 0 Å². The third kappa shape index (κ3) is 12.9. The summed E-state index contributed by atoms with van der Waals surface area (Å²) in [6.07, 6.45) is 4.72. The van der Waals surface area contributed by atoms with Crippen LogP contribution in [0.25, 0.3) is 11.1 Å². The van der Waals surface area contributed by atoms with Crippen LogP contribution in [0.4, 0.5) is 49.4 Å². The molecule has 2 fully saturated rings. The first-order valence-electron chi connectivity index (χ1n) is 21.7. The van der Waals surface area contributed by atoms with Crippen LogP contribution in [0.15, 0.2) is 82.7 Å². The standard InChI is InChI=1S/C26H25F4N3OS.C21H24ClF2N3OS.C2H6/c1-16-19(23-20(27)8-4-9-21(23)28)15-31-24(33-12-5-10-26(29,30)11-13-33)22(16)25(34)32-17-6-3-7-18(14-17)35-2;1-13-17(20(28)26-15-6-4-7-16(12-15)29-3)19(25-14(2)18(13)22)27-10-5-8-21(23,24)9-11-27;1-2/h3-4,6-9,14-15H,5,10-13H2,1-2H3,(H,32,34);4,6-7,12H,5,8-11H2,1-3H3,(H,26,28);1-2H3. The van der Waals surface area contributed by atoms with Crippen LogP contribution in [0.1, 0.15) is 89.9 Å². The monoisotopic (exact) mass is 972 g/mol. The minimum absolute atomic E-state index is 0.00901. The Bertz CT molecular complexity index is 2490. The molecule has 17 heteroatoms. The van der Waals surface area contributed by atoms with E-state index in [2.05, 4.69) is 20.6 Å². The van der Waals surface area contributed by atoms with Gasteiger partial charge in [-0.2, -0.15) is 0 Å².